The third-order valence-corrected chi connectivity index (χ3v) is 4.31. The van der Waals surface area contributed by atoms with Gasteiger partial charge in [-0.3, -0.25) is 4.68 Å². The Morgan fingerprint density at radius 1 is 1.38 bits per heavy atom. The molecular weight excluding hydrogens is 282 g/mol. The maximum atomic E-state index is 4.36. The second-order valence-electron chi connectivity index (χ2n) is 6.41. The lowest BCUT2D eigenvalue weighted by atomic mass is 9.89. The van der Waals surface area contributed by atoms with Crippen LogP contribution in [0.25, 0.3) is 0 Å². The van der Waals surface area contributed by atoms with Gasteiger partial charge in [0.15, 0.2) is 0 Å². The van der Waals surface area contributed by atoms with Crippen molar-refractivity contribution in [1.29, 1.82) is 0 Å². The Balaban J connectivity index is 2.13. The van der Waals surface area contributed by atoms with Gasteiger partial charge in [-0.15, -0.1) is 5.10 Å². The largest absolute Gasteiger partial charge is 0.309 e. The van der Waals surface area contributed by atoms with Crippen molar-refractivity contribution in [3.8, 4) is 0 Å². The Morgan fingerprint density at radius 2 is 2.14 bits per heavy atom. The Bertz CT molecular complexity index is 567. The lowest BCUT2D eigenvalue weighted by molar-refractivity contribution is 0.494. The molecule has 0 amide bonds. The molecule has 5 nitrogen and oxygen atoms in total. The van der Waals surface area contributed by atoms with E-state index in [4.69, 9.17) is 0 Å². The van der Waals surface area contributed by atoms with Crippen LogP contribution < -0.4 is 5.32 Å². The molecule has 1 atom stereocenters. The fourth-order valence-corrected chi connectivity index (χ4v) is 3.40. The number of nitrogens with zero attached hydrogens (tertiary/aromatic N) is 4. The quantitative estimate of drug-likeness (QED) is 0.891. The van der Waals surface area contributed by atoms with E-state index in [1.54, 1.807) is 0 Å². The summed E-state index contributed by atoms with van der Waals surface area (Å²) in [5.74, 6) is 0. The zero-order valence-electron chi connectivity index (χ0n) is 13.6. The van der Waals surface area contributed by atoms with E-state index in [1.807, 2.05) is 17.9 Å². The fraction of sp³-hybridized carbons (Fsp3) is 0.667. The monoisotopic (exact) mass is 307 g/mol. The molecule has 0 spiro atoms. The zero-order chi connectivity index (χ0) is 15.5. The van der Waals surface area contributed by atoms with Crippen molar-refractivity contribution in [2.45, 2.75) is 52.0 Å². The van der Waals surface area contributed by atoms with Crippen LogP contribution in [0.5, 0.6) is 0 Å². The summed E-state index contributed by atoms with van der Waals surface area (Å²) in [7, 11) is 1.95. The lowest BCUT2D eigenvalue weighted by Crippen LogP contribution is -2.24. The molecule has 0 bridgehead atoms. The van der Waals surface area contributed by atoms with Crippen LogP contribution in [0.15, 0.2) is 12.4 Å². The van der Waals surface area contributed by atoms with Crippen molar-refractivity contribution >= 4 is 11.5 Å². The van der Waals surface area contributed by atoms with Gasteiger partial charge in [-0.25, -0.2) is 0 Å². The van der Waals surface area contributed by atoms with Gasteiger partial charge in [-0.1, -0.05) is 32.2 Å². The molecule has 0 aliphatic heterocycles. The molecule has 0 aliphatic carbocycles. The van der Waals surface area contributed by atoms with Crippen LogP contribution >= 0.6 is 11.5 Å². The summed E-state index contributed by atoms with van der Waals surface area (Å²) in [6.45, 7) is 9.66. The molecule has 1 unspecified atom stereocenters. The van der Waals surface area contributed by atoms with E-state index >= 15 is 0 Å². The van der Waals surface area contributed by atoms with Gasteiger partial charge in [0.2, 0.25) is 0 Å². The van der Waals surface area contributed by atoms with E-state index in [1.165, 1.54) is 22.0 Å². The first-order valence-corrected chi connectivity index (χ1v) is 8.22. The molecule has 2 aromatic heterocycles. The molecule has 21 heavy (non-hydrogen) atoms. The molecule has 0 saturated heterocycles. The van der Waals surface area contributed by atoms with E-state index in [2.05, 4.69) is 53.9 Å². The van der Waals surface area contributed by atoms with Crippen molar-refractivity contribution in [2.24, 2.45) is 7.05 Å². The van der Waals surface area contributed by atoms with Gasteiger partial charge in [0.05, 0.1) is 16.8 Å². The van der Waals surface area contributed by atoms with Gasteiger partial charge in [0.1, 0.15) is 0 Å². The first-order chi connectivity index (χ1) is 9.91. The van der Waals surface area contributed by atoms with Gasteiger partial charge in [-0.2, -0.15) is 5.10 Å². The maximum absolute atomic E-state index is 4.36. The molecule has 0 aromatic carbocycles. The molecule has 6 heteroatoms. The van der Waals surface area contributed by atoms with Crippen LogP contribution in [-0.2, 0) is 18.9 Å². The zero-order valence-corrected chi connectivity index (χ0v) is 14.4. The van der Waals surface area contributed by atoms with Crippen molar-refractivity contribution < 1.29 is 0 Å². The Morgan fingerprint density at radius 3 is 2.71 bits per heavy atom. The normalized spacial score (nSPS) is 13.6. The predicted molar refractivity (Wildman–Crippen MR) is 86.6 cm³/mol. The Labute approximate surface area is 130 Å². The molecule has 0 fully saturated rings. The minimum absolute atomic E-state index is 0.0321. The first-order valence-electron chi connectivity index (χ1n) is 7.45. The van der Waals surface area contributed by atoms with Gasteiger partial charge >= 0.3 is 0 Å². The van der Waals surface area contributed by atoms with E-state index in [9.17, 15) is 0 Å². The summed E-state index contributed by atoms with van der Waals surface area (Å²) < 4.78 is 6.04. The van der Waals surface area contributed by atoms with Crippen LogP contribution in [0.3, 0.4) is 0 Å². The number of aromatic nitrogens is 4. The first kappa shape index (κ1) is 16.1. The second kappa shape index (κ2) is 6.66. The van der Waals surface area contributed by atoms with Crippen LogP contribution in [-0.4, -0.2) is 25.9 Å². The lowest BCUT2D eigenvalue weighted by Gasteiger charge is -2.22. The summed E-state index contributed by atoms with van der Waals surface area (Å²) >= 11 is 1.52. The third-order valence-electron chi connectivity index (χ3n) is 3.47. The van der Waals surface area contributed by atoms with Crippen LogP contribution in [0.4, 0.5) is 0 Å². The van der Waals surface area contributed by atoms with Crippen molar-refractivity contribution in [3.63, 3.8) is 0 Å². The summed E-state index contributed by atoms with van der Waals surface area (Å²) in [5, 5.41) is 12.2. The predicted octanol–water partition coefficient (Wildman–Crippen LogP) is 2.85. The third kappa shape index (κ3) is 4.11. The minimum atomic E-state index is 0.0321. The van der Waals surface area contributed by atoms with Gasteiger partial charge in [0.25, 0.3) is 0 Å². The maximum Gasteiger partial charge on any atom is 0.0857 e. The smallest absolute Gasteiger partial charge is 0.0857 e. The highest BCUT2D eigenvalue weighted by Crippen LogP contribution is 2.32. The summed E-state index contributed by atoms with van der Waals surface area (Å²) in [4.78, 5) is 1.27. The molecule has 2 aromatic rings. The SMILES string of the molecule is CCNC(CCc1cnn(C)c1)c1snnc1C(C)(C)C. The van der Waals surface area contributed by atoms with Gasteiger partial charge in [-0.05, 0) is 36.5 Å². The highest BCUT2D eigenvalue weighted by atomic mass is 32.1. The number of hydrogen-bond donors (Lipinski definition) is 1. The highest BCUT2D eigenvalue weighted by Gasteiger charge is 2.26. The topological polar surface area (TPSA) is 55.6 Å². The number of nitrogens with one attached hydrogen (secondary N) is 1. The van der Waals surface area contributed by atoms with E-state index in [0.717, 1.165) is 25.1 Å². The van der Waals surface area contributed by atoms with E-state index in [0.29, 0.717) is 6.04 Å². The summed E-state index contributed by atoms with van der Waals surface area (Å²) in [5.41, 5.74) is 2.42. The molecule has 116 valence electrons. The number of hydrogen-bond acceptors (Lipinski definition) is 5. The molecule has 0 aliphatic rings. The standard InChI is InChI=1S/C15H25N5S/c1-6-16-12(8-7-11-9-17-20(5)10-11)13-14(15(2,3)4)18-19-21-13/h9-10,12,16H,6-8H2,1-5H3. The van der Waals surface area contributed by atoms with E-state index in [-0.39, 0.29) is 5.41 Å². The summed E-state index contributed by atoms with van der Waals surface area (Å²) in [6, 6.07) is 0.310. The average Bonchev–Trinajstić information content (AvgIpc) is 3.02. The molecule has 0 radical (unpaired) electrons. The van der Waals surface area contributed by atoms with Crippen molar-refractivity contribution in [2.75, 3.05) is 6.54 Å². The number of rotatable bonds is 6. The van der Waals surface area contributed by atoms with Gasteiger partial charge in [0, 0.05) is 24.7 Å². The number of aryl methyl sites for hydroxylation is 2. The van der Waals surface area contributed by atoms with Crippen molar-refractivity contribution in [3.05, 3.63) is 28.5 Å². The average molecular weight is 307 g/mol. The van der Waals surface area contributed by atoms with Gasteiger partial charge < -0.3 is 5.32 Å². The van der Waals surface area contributed by atoms with Crippen molar-refractivity contribution in [1.82, 2.24) is 24.7 Å². The minimum Gasteiger partial charge on any atom is -0.309 e. The highest BCUT2D eigenvalue weighted by molar-refractivity contribution is 7.05. The fourth-order valence-electron chi connectivity index (χ4n) is 2.43. The second-order valence-corrected chi connectivity index (χ2v) is 7.19. The van der Waals surface area contributed by atoms with Crippen LogP contribution in [0, 0.1) is 0 Å². The Hall–Kier alpha value is -1.27. The van der Waals surface area contributed by atoms with E-state index < -0.39 is 0 Å². The van der Waals surface area contributed by atoms with Crippen LogP contribution in [0.1, 0.15) is 56.3 Å². The van der Waals surface area contributed by atoms with Crippen LogP contribution in [0.2, 0.25) is 0 Å². The summed E-state index contributed by atoms with van der Waals surface area (Å²) in [6.07, 6.45) is 6.07. The molecule has 0 saturated carbocycles. The molecule has 1 N–H and O–H groups in total. The Kier molecular flexibility index (Phi) is 5.11. The molecule has 2 rings (SSSR count). The molecule has 2 heterocycles. The molecular formula is C15H25N5S.